The summed E-state index contributed by atoms with van der Waals surface area (Å²) in [6.07, 6.45) is 0. The minimum atomic E-state index is -0.162. The fourth-order valence-corrected chi connectivity index (χ4v) is 2.36. The Hall–Kier alpha value is -1.87. The first-order chi connectivity index (χ1) is 8.97. The number of benzene rings is 1. The topological polar surface area (TPSA) is 42.0 Å². The Balaban J connectivity index is 2.31. The maximum absolute atomic E-state index is 12.3. The molecule has 4 heteroatoms. The van der Waals surface area contributed by atoms with Crippen LogP contribution in [0, 0.1) is 20.8 Å². The van der Waals surface area contributed by atoms with Crippen molar-refractivity contribution < 1.29 is 4.79 Å². The maximum atomic E-state index is 12.3. The standard InChI is InChI=1S/C15H15ClN2O/c1-9-7-10(2)14(11(3)8-9)15(19)18-13-6-4-5-12(16)17-13/h4-8H,1-3H3,(H,17,18,19). The first kappa shape index (κ1) is 13.6. The Kier molecular flexibility index (Phi) is 3.86. The molecule has 0 unspecified atom stereocenters. The molecule has 2 aromatic rings. The van der Waals surface area contributed by atoms with Crippen LogP contribution in [0.1, 0.15) is 27.0 Å². The molecule has 0 aliphatic rings. The third-order valence-corrected chi connectivity index (χ3v) is 3.07. The van der Waals surface area contributed by atoms with Gasteiger partial charge in [0.2, 0.25) is 0 Å². The van der Waals surface area contributed by atoms with E-state index in [2.05, 4.69) is 10.3 Å². The van der Waals surface area contributed by atoms with Gasteiger partial charge in [0, 0.05) is 5.56 Å². The molecule has 1 aromatic heterocycles. The second-order valence-corrected chi connectivity index (χ2v) is 4.96. The molecule has 0 aliphatic carbocycles. The van der Waals surface area contributed by atoms with Gasteiger partial charge in [0.15, 0.2) is 0 Å². The molecule has 1 aromatic carbocycles. The van der Waals surface area contributed by atoms with E-state index in [0.29, 0.717) is 16.5 Å². The summed E-state index contributed by atoms with van der Waals surface area (Å²) in [7, 11) is 0. The van der Waals surface area contributed by atoms with Crippen LogP contribution in [0.25, 0.3) is 0 Å². The number of pyridine rings is 1. The van der Waals surface area contributed by atoms with Crippen LogP contribution in [0.3, 0.4) is 0 Å². The molecule has 98 valence electrons. The highest BCUT2D eigenvalue weighted by atomic mass is 35.5. The summed E-state index contributed by atoms with van der Waals surface area (Å²) in [5.74, 6) is 0.293. The van der Waals surface area contributed by atoms with Crippen molar-refractivity contribution in [3.63, 3.8) is 0 Å². The van der Waals surface area contributed by atoms with E-state index in [0.717, 1.165) is 16.7 Å². The monoisotopic (exact) mass is 274 g/mol. The van der Waals surface area contributed by atoms with E-state index in [1.54, 1.807) is 18.2 Å². The van der Waals surface area contributed by atoms with Crippen molar-refractivity contribution in [2.75, 3.05) is 5.32 Å². The van der Waals surface area contributed by atoms with Crippen LogP contribution in [-0.4, -0.2) is 10.9 Å². The number of nitrogens with one attached hydrogen (secondary N) is 1. The molecule has 1 heterocycles. The Morgan fingerprint density at radius 1 is 1.16 bits per heavy atom. The summed E-state index contributed by atoms with van der Waals surface area (Å²) < 4.78 is 0. The van der Waals surface area contributed by atoms with Gasteiger partial charge < -0.3 is 5.32 Å². The van der Waals surface area contributed by atoms with Gasteiger partial charge in [-0.25, -0.2) is 4.98 Å². The number of anilines is 1. The minimum absolute atomic E-state index is 0.162. The van der Waals surface area contributed by atoms with E-state index in [-0.39, 0.29) is 5.91 Å². The zero-order valence-electron chi connectivity index (χ0n) is 11.1. The number of hydrogen-bond donors (Lipinski definition) is 1. The molecule has 0 radical (unpaired) electrons. The summed E-state index contributed by atoms with van der Waals surface area (Å²) in [6, 6.07) is 9.11. The molecule has 0 fully saturated rings. The molecule has 0 aliphatic heterocycles. The number of halogens is 1. The quantitative estimate of drug-likeness (QED) is 0.844. The van der Waals surface area contributed by atoms with Crippen molar-refractivity contribution in [3.8, 4) is 0 Å². The van der Waals surface area contributed by atoms with E-state index < -0.39 is 0 Å². The summed E-state index contributed by atoms with van der Waals surface area (Å²) >= 11 is 5.80. The molecule has 0 bridgehead atoms. The molecule has 2 rings (SSSR count). The summed E-state index contributed by atoms with van der Waals surface area (Å²) in [5.41, 5.74) is 3.74. The highest BCUT2D eigenvalue weighted by molar-refractivity contribution is 6.29. The number of carbonyl (C=O) groups excluding carboxylic acids is 1. The van der Waals surface area contributed by atoms with Crippen molar-refractivity contribution in [1.82, 2.24) is 4.98 Å². The van der Waals surface area contributed by atoms with Crippen molar-refractivity contribution in [1.29, 1.82) is 0 Å². The fraction of sp³-hybridized carbons (Fsp3) is 0.200. The molecular weight excluding hydrogens is 260 g/mol. The summed E-state index contributed by atoms with van der Waals surface area (Å²) in [4.78, 5) is 16.3. The first-order valence-electron chi connectivity index (χ1n) is 5.99. The van der Waals surface area contributed by atoms with Gasteiger partial charge in [-0.2, -0.15) is 0 Å². The van der Waals surface area contributed by atoms with Crippen LogP contribution >= 0.6 is 11.6 Å². The number of amides is 1. The zero-order chi connectivity index (χ0) is 14.0. The lowest BCUT2D eigenvalue weighted by molar-refractivity contribution is 0.102. The highest BCUT2D eigenvalue weighted by Crippen LogP contribution is 2.18. The molecular formula is C15H15ClN2O. The van der Waals surface area contributed by atoms with Gasteiger partial charge in [0.25, 0.3) is 5.91 Å². The molecule has 0 spiro atoms. The zero-order valence-corrected chi connectivity index (χ0v) is 11.9. The van der Waals surface area contributed by atoms with E-state index in [1.807, 2.05) is 32.9 Å². The van der Waals surface area contributed by atoms with Gasteiger partial charge in [-0.3, -0.25) is 4.79 Å². The van der Waals surface area contributed by atoms with E-state index >= 15 is 0 Å². The lowest BCUT2D eigenvalue weighted by atomic mass is 9.99. The third kappa shape index (κ3) is 3.12. The molecule has 1 amide bonds. The first-order valence-corrected chi connectivity index (χ1v) is 6.37. The van der Waals surface area contributed by atoms with Crippen molar-refractivity contribution >= 4 is 23.3 Å². The minimum Gasteiger partial charge on any atom is -0.306 e. The predicted molar refractivity (Wildman–Crippen MR) is 77.9 cm³/mol. The molecule has 3 nitrogen and oxygen atoms in total. The third-order valence-electron chi connectivity index (χ3n) is 2.86. The van der Waals surface area contributed by atoms with Gasteiger partial charge in [-0.15, -0.1) is 0 Å². The van der Waals surface area contributed by atoms with Crippen LogP contribution < -0.4 is 5.32 Å². The lowest BCUT2D eigenvalue weighted by Crippen LogP contribution is -2.16. The van der Waals surface area contributed by atoms with E-state index in [9.17, 15) is 4.79 Å². The largest absolute Gasteiger partial charge is 0.306 e. The molecule has 19 heavy (non-hydrogen) atoms. The fourth-order valence-electron chi connectivity index (χ4n) is 2.19. The Morgan fingerprint density at radius 3 is 2.37 bits per heavy atom. The van der Waals surface area contributed by atoms with Crippen LogP contribution in [-0.2, 0) is 0 Å². The second kappa shape index (κ2) is 5.41. The Morgan fingerprint density at radius 2 is 1.79 bits per heavy atom. The second-order valence-electron chi connectivity index (χ2n) is 4.57. The van der Waals surface area contributed by atoms with Crippen LogP contribution in [0.2, 0.25) is 5.15 Å². The van der Waals surface area contributed by atoms with Gasteiger partial charge in [0.1, 0.15) is 11.0 Å². The normalized spacial score (nSPS) is 10.3. The number of nitrogens with zero attached hydrogens (tertiary/aromatic N) is 1. The molecule has 0 atom stereocenters. The average Bonchev–Trinajstić information content (AvgIpc) is 2.27. The molecule has 0 saturated heterocycles. The number of carbonyl (C=O) groups is 1. The maximum Gasteiger partial charge on any atom is 0.257 e. The van der Waals surface area contributed by atoms with Gasteiger partial charge in [0.05, 0.1) is 0 Å². The van der Waals surface area contributed by atoms with Gasteiger partial charge >= 0.3 is 0 Å². The number of aromatic nitrogens is 1. The lowest BCUT2D eigenvalue weighted by Gasteiger charge is -2.11. The van der Waals surface area contributed by atoms with Crippen LogP contribution in [0.15, 0.2) is 30.3 Å². The molecule has 1 N–H and O–H groups in total. The number of aryl methyl sites for hydroxylation is 3. The SMILES string of the molecule is Cc1cc(C)c(C(=O)Nc2cccc(Cl)n2)c(C)c1. The average molecular weight is 275 g/mol. The Bertz CT molecular complexity index is 615. The Labute approximate surface area is 117 Å². The van der Waals surface area contributed by atoms with E-state index in [4.69, 9.17) is 11.6 Å². The number of rotatable bonds is 2. The van der Waals surface area contributed by atoms with Gasteiger partial charge in [-0.1, -0.05) is 35.4 Å². The number of hydrogen-bond acceptors (Lipinski definition) is 2. The van der Waals surface area contributed by atoms with Gasteiger partial charge in [-0.05, 0) is 44.0 Å². The van der Waals surface area contributed by atoms with Crippen LogP contribution in [0.5, 0.6) is 0 Å². The smallest absolute Gasteiger partial charge is 0.257 e. The summed E-state index contributed by atoms with van der Waals surface area (Å²) in [5, 5.41) is 3.12. The predicted octanol–water partition coefficient (Wildman–Crippen LogP) is 3.91. The van der Waals surface area contributed by atoms with Crippen molar-refractivity contribution in [2.24, 2.45) is 0 Å². The van der Waals surface area contributed by atoms with Crippen molar-refractivity contribution in [3.05, 3.63) is 57.7 Å². The molecule has 0 saturated carbocycles. The van der Waals surface area contributed by atoms with Crippen molar-refractivity contribution in [2.45, 2.75) is 20.8 Å². The van der Waals surface area contributed by atoms with E-state index in [1.165, 1.54) is 0 Å². The summed E-state index contributed by atoms with van der Waals surface area (Å²) in [6.45, 7) is 5.88. The van der Waals surface area contributed by atoms with Crippen LogP contribution in [0.4, 0.5) is 5.82 Å². The highest BCUT2D eigenvalue weighted by Gasteiger charge is 2.13.